The highest BCUT2D eigenvalue weighted by atomic mass is 79.9. The van der Waals surface area contributed by atoms with Crippen molar-refractivity contribution in [3.63, 3.8) is 0 Å². The van der Waals surface area contributed by atoms with Crippen molar-refractivity contribution in [1.29, 1.82) is 0 Å². The van der Waals surface area contributed by atoms with E-state index in [1.54, 1.807) is 6.07 Å². The second kappa shape index (κ2) is 4.85. The number of hydrogen-bond donors (Lipinski definition) is 2. The molecule has 2 aromatic rings. The Morgan fingerprint density at radius 3 is 2.88 bits per heavy atom. The lowest BCUT2D eigenvalue weighted by Gasteiger charge is -2.04. The van der Waals surface area contributed by atoms with E-state index < -0.39 is 0 Å². The molecule has 0 atom stereocenters. The number of H-pyrrole nitrogens is 1. The Morgan fingerprint density at radius 1 is 1.53 bits per heavy atom. The third kappa shape index (κ3) is 2.83. The molecule has 17 heavy (non-hydrogen) atoms. The third-order valence-corrected chi connectivity index (χ3v) is 3.07. The Morgan fingerprint density at radius 2 is 2.29 bits per heavy atom. The number of pyridine rings is 1. The van der Waals surface area contributed by atoms with E-state index in [2.05, 4.69) is 36.4 Å². The Labute approximate surface area is 111 Å². The largest absolute Gasteiger partial charge is 0.305 e. The molecule has 0 saturated carbocycles. The summed E-state index contributed by atoms with van der Waals surface area (Å²) in [7, 11) is 0. The predicted octanol–water partition coefficient (Wildman–Crippen LogP) is 2.78. The number of rotatable bonds is 2. The van der Waals surface area contributed by atoms with Crippen LogP contribution in [-0.2, 0) is 0 Å². The van der Waals surface area contributed by atoms with Crippen molar-refractivity contribution in [3.8, 4) is 0 Å². The first-order chi connectivity index (χ1) is 8.06. The minimum Gasteiger partial charge on any atom is -0.305 e. The topological polar surface area (TPSA) is 70.7 Å². The summed E-state index contributed by atoms with van der Waals surface area (Å²) in [4.78, 5) is 15.9. The van der Waals surface area contributed by atoms with Gasteiger partial charge in [0.15, 0.2) is 5.69 Å². The molecule has 0 aliphatic carbocycles. The van der Waals surface area contributed by atoms with Gasteiger partial charge in [0, 0.05) is 10.5 Å². The second-order valence-electron chi connectivity index (χ2n) is 3.32. The first-order valence-electron chi connectivity index (χ1n) is 4.71. The molecule has 0 fully saturated rings. The monoisotopic (exact) mass is 314 g/mol. The van der Waals surface area contributed by atoms with Gasteiger partial charge in [0.1, 0.15) is 11.0 Å². The maximum absolute atomic E-state index is 11.7. The zero-order valence-corrected chi connectivity index (χ0v) is 11.1. The van der Waals surface area contributed by atoms with E-state index in [1.165, 1.54) is 6.07 Å². The van der Waals surface area contributed by atoms with Crippen LogP contribution in [0.4, 0.5) is 5.82 Å². The molecule has 2 heterocycles. The molecule has 7 heteroatoms. The quantitative estimate of drug-likeness (QED) is 0.895. The summed E-state index contributed by atoms with van der Waals surface area (Å²) in [6, 6.07) is 4.96. The molecule has 2 aromatic heterocycles. The third-order valence-electron chi connectivity index (χ3n) is 2.04. The number of anilines is 1. The number of aromatic amines is 1. The molecule has 2 N–H and O–H groups in total. The molecule has 0 radical (unpaired) electrons. The average Bonchev–Trinajstić information content (AvgIpc) is 2.70. The fraction of sp³-hybridized carbons (Fsp3) is 0.100. The lowest BCUT2D eigenvalue weighted by Crippen LogP contribution is -2.13. The summed E-state index contributed by atoms with van der Waals surface area (Å²) < 4.78 is 0.887. The van der Waals surface area contributed by atoms with Crippen LogP contribution >= 0.6 is 27.5 Å². The van der Waals surface area contributed by atoms with E-state index in [-0.39, 0.29) is 11.6 Å². The average molecular weight is 316 g/mol. The SMILES string of the molecule is Cc1nc(NC(=O)c2cc(Cl)[nH]n2)ccc1Br. The molecule has 0 bridgehead atoms. The molecule has 0 saturated heterocycles. The van der Waals surface area contributed by atoms with Gasteiger partial charge in [0.05, 0.1) is 5.69 Å². The van der Waals surface area contributed by atoms with Gasteiger partial charge >= 0.3 is 0 Å². The summed E-state index contributed by atoms with van der Waals surface area (Å²) in [5.74, 6) is 0.109. The van der Waals surface area contributed by atoms with Crippen LogP contribution in [0.5, 0.6) is 0 Å². The minimum absolute atomic E-state index is 0.220. The molecule has 5 nitrogen and oxygen atoms in total. The molecule has 2 rings (SSSR count). The number of hydrogen-bond acceptors (Lipinski definition) is 3. The van der Waals surface area contributed by atoms with Gasteiger partial charge in [-0.05, 0) is 35.0 Å². The zero-order chi connectivity index (χ0) is 12.4. The standard InChI is InChI=1S/C10H8BrClN4O/c1-5-6(11)2-3-9(13-5)14-10(17)7-4-8(12)16-15-7/h2-4H,1H3,(H,15,16)(H,13,14,17). The van der Waals surface area contributed by atoms with E-state index in [0.29, 0.717) is 11.0 Å². The highest BCUT2D eigenvalue weighted by Gasteiger charge is 2.11. The maximum Gasteiger partial charge on any atom is 0.277 e. The molecule has 1 amide bonds. The van der Waals surface area contributed by atoms with Crippen molar-refractivity contribution in [2.24, 2.45) is 0 Å². The maximum atomic E-state index is 11.7. The Balaban J connectivity index is 2.15. The number of nitrogens with one attached hydrogen (secondary N) is 2. The fourth-order valence-corrected chi connectivity index (χ4v) is 1.57. The Kier molecular flexibility index (Phi) is 3.44. The molecule has 88 valence electrons. The van der Waals surface area contributed by atoms with Crippen LogP contribution in [-0.4, -0.2) is 21.1 Å². The van der Waals surface area contributed by atoms with Gasteiger partial charge < -0.3 is 5.32 Å². The summed E-state index contributed by atoms with van der Waals surface area (Å²) >= 11 is 8.97. The molecule has 0 aliphatic rings. The number of carbonyl (C=O) groups is 1. The molecule has 0 aromatic carbocycles. The lowest BCUT2D eigenvalue weighted by molar-refractivity contribution is 0.102. The molecular formula is C10H8BrClN4O. The van der Waals surface area contributed by atoms with E-state index in [0.717, 1.165) is 10.2 Å². The molecule has 0 unspecified atom stereocenters. The van der Waals surface area contributed by atoms with Crippen LogP contribution in [0.1, 0.15) is 16.2 Å². The molecule has 0 spiro atoms. The van der Waals surface area contributed by atoms with E-state index in [4.69, 9.17) is 11.6 Å². The lowest BCUT2D eigenvalue weighted by atomic mass is 10.3. The normalized spacial score (nSPS) is 10.3. The van der Waals surface area contributed by atoms with Crippen LogP contribution in [0, 0.1) is 6.92 Å². The number of aromatic nitrogens is 3. The van der Waals surface area contributed by atoms with E-state index >= 15 is 0 Å². The number of aryl methyl sites for hydroxylation is 1. The van der Waals surface area contributed by atoms with Gasteiger partial charge in [-0.25, -0.2) is 4.98 Å². The van der Waals surface area contributed by atoms with Crippen molar-refractivity contribution in [3.05, 3.63) is 39.2 Å². The second-order valence-corrected chi connectivity index (χ2v) is 4.58. The summed E-state index contributed by atoms with van der Waals surface area (Å²) in [6.07, 6.45) is 0. The van der Waals surface area contributed by atoms with E-state index in [1.807, 2.05) is 13.0 Å². The smallest absolute Gasteiger partial charge is 0.277 e. The minimum atomic E-state index is -0.359. The number of halogens is 2. The van der Waals surface area contributed by atoms with Gasteiger partial charge in [-0.2, -0.15) is 5.10 Å². The highest BCUT2D eigenvalue weighted by Crippen LogP contribution is 2.16. The van der Waals surface area contributed by atoms with Gasteiger partial charge in [0.25, 0.3) is 5.91 Å². The van der Waals surface area contributed by atoms with Crippen LogP contribution in [0.3, 0.4) is 0 Å². The van der Waals surface area contributed by atoms with Crippen LogP contribution in [0.25, 0.3) is 0 Å². The predicted molar refractivity (Wildman–Crippen MR) is 68.2 cm³/mol. The fourth-order valence-electron chi connectivity index (χ4n) is 1.21. The van der Waals surface area contributed by atoms with E-state index in [9.17, 15) is 4.79 Å². The first-order valence-corrected chi connectivity index (χ1v) is 5.89. The summed E-state index contributed by atoms with van der Waals surface area (Å²) in [6.45, 7) is 1.84. The molecule has 0 aliphatic heterocycles. The molecular weight excluding hydrogens is 307 g/mol. The van der Waals surface area contributed by atoms with Crippen LogP contribution in [0.15, 0.2) is 22.7 Å². The van der Waals surface area contributed by atoms with Crippen molar-refractivity contribution in [2.45, 2.75) is 6.92 Å². The number of carbonyl (C=O) groups excluding carboxylic acids is 1. The van der Waals surface area contributed by atoms with Crippen molar-refractivity contribution in [1.82, 2.24) is 15.2 Å². The van der Waals surface area contributed by atoms with Crippen molar-refractivity contribution in [2.75, 3.05) is 5.32 Å². The number of amides is 1. The summed E-state index contributed by atoms with van der Waals surface area (Å²) in [5.41, 5.74) is 1.01. The van der Waals surface area contributed by atoms with Gasteiger partial charge in [-0.3, -0.25) is 9.89 Å². The zero-order valence-electron chi connectivity index (χ0n) is 8.79. The van der Waals surface area contributed by atoms with Gasteiger partial charge in [-0.15, -0.1) is 0 Å². The number of nitrogens with zero attached hydrogens (tertiary/aromatic N) is 2. The van der Waals surface area contributed by atoms with Crippen LogP contribution < -0.4 is 5.32 Å². The Bertz CT molecular complexity index is 569. The van der Waals surface area contributed by atoms with Gasteiger partial charge in [-0.1, -0.05) is 11.6 Å². The van der Waals surface area contributed by atoms with Crippen molar-refractivity contribution >= 4 is 39.3 Å². The van der Waals surface area contributed by atoms with Gasteiger partial charge in [0.2, 0.25) is 0 Å². The highest BCUT2D eigenvalue weighted by molar-refractivity contribution is 9.10. The van der Waals surface area contributed by atoms with Crippen molar-refractivity contribution < 1.29 is 4.79 Å². The Hall–Kier alpha value is -1.40. The summed E-state index contributed by atoms with van der Waals surface area (Å²) in [5, 5.41) is 9.17. The van der Waals surface area contributed by atoms with Crippen LogP contribution in [0.2, 0.25) is 5.15 Å². The first kappa shape index (κ1) is 12.1.